The molecule has 2 aromatic heterocycles. The SMILES string of the molecule is c1ccc(CC2CN(c3c(-c4ccccn4)sc4ccccc34)CCN2)cc1. The minimum absolute atomic E-state index is 0.450. The van der Waals surface area contributed by atoms with Crippen LogP contribution in [0.1, 0.15) is 5.56 Å². The first-order chi connectivity index (χ1) is 13.9. The van der Waals surface area contributed by atoms with Crippen LogP contribution in [0.25, 0.3) is 20.7 Å². The van der Waals surface area contributed by atoms with Crippen molar-refractivity contribution in [3.05, 3.63) is 84.6 Å². The van der Waals surface area contributed by atoms with Gasteiger partial charge in [-0.3, -0.25) is 4.98 Å². The van der Waals surface area contributed by atoms with Crippen molar-refractivity contribution in [2.75, 3.05) is 24.5 Å². The summed E-state index contributed by atoms with van der Waals surface area (Å²) in [7, 11) is 0. The van der Waals surface area contributed by atoms with E-state index in [1.165, 1.54) is 26.2 Å². The van der Waals surface area contributed by atoms with Crippen LogP contribution in [-0.4, -0.2) is 30.7 Å². The van der Waals surface area contributed by atoms with Crippen LogP contribution < -0.4 is 10.2 Å². The largest absolute Gasteiger partial charge is 0.367 e. The van der Waals surface area contributed by atoms with E-state index in [0.717, 1.165) is 31.7 Å². The maximum absolute atomic E-state index is 4.65. The van der Waals surface area contributed by atoms with Crippen LogP contribution >= 0.6 is 11.3 Å². The van der Waals surface area contributed by atoms with Gasteiger partial charge in [0.1, 0.15) is 0 Å². The molecule has 140 valence electrons. The predicted octanol–water partition coefficient (Wildman–Crippen LogP) is 4.98. The molecule has 4 heteroatoms. The van der Waals surface area contributed by atoms with Crippen LogP contribution in [0.5, 0.6) is 0 Å². The van der Waals surface area contributed by atoms with Crippen LogP contribution in [0.3, 0.4) is 0 Å². The van der Waals surface area contributed by atoms with E-state index in [1.807, 2.05) is 23.6 Å². The summed E-state index contributed by atoms with van der Waals surface area (Å²) < 4.78 is 1.33. The fourth-order valence-electron chi connectivity index (χ4n) is 4.08. The van der Waals surface area contributed by atoms with E-state index in [1.54, 1.807) is 0 Å². The summed E-state index contributed by atoms with van der Waals surface area (Å²) in [4.78, 5) is 8.50. The lowest BCUT2D eigenvalue weighted by molar-refractivity contribution is 0.455. The highest BCUT2D eigenvalue weighted by Gasteiger charge is 2.25. The quantitative estimate of drug-likeness (QED) is 0.537. The second-order valence-corrected chi connectivity index (χ2v) is 8.33. The van der Waals surface area contributed by atoms with Crippen LogP contribution in [-0.2, 0) is 6.42 Å². The summed E-state index contributed by atoms with van der Waals surface area (Å²) >= 11 is 1.85. The molecule has 0 amide bonds. The third-order valence-corrected chi connectivity index (χ3v) is 6.55. The van der Waals surface area contributed by atoms with Crippen LogP contribution in [0.15, 0.2) is 79.0 Å². The van der Waals surface area contributed by atoms with Crippen molar-refractivity contribution in [2.45, 2.75) is 12.5 Å². The molecule has 1 fully saturated rings. The lowest BCUT2D eigenvalue weighted by atomic mass is 10.0. The monoisotopic (exact) mass is 385 g/mol. The van der Waals surface area contributed by atoms with Gasteiger partial charge < -0.3 is 10.2 Å². The number of thiophene rings is 1. The van der Waals surface area contributed by atoms with Crippen molar-refractivity contribution < 1.29 is 0 Å². The Morgan fingerprint density at radius 3 is 2.64 bits per heavy atom. The fraction of sp³-hybridized carbons (Fsp3) is 0.208. The van der Waals surface area contributed by atoms with Crippen LogP contribution in [0.2, 0.25) is 0 Å². The molecule has 1 aliphatic rings. The number of piperazine rings is 1. The second-order valence-electron chi connectivity index (χ2n) is 7.28. The van der Waals surface area contributed by atoms with Gasteiger partial charge in [0.05, 0.1) is 16.3 Å². The lowest BCUT2D eigenvalue weighted by Gasteiger charge is -2.36. The van der Waals surface area contributed by atoms with E-state index < -0.39 is 0 Å². The predicted molar refractivity (Wildman–Crippen MR) is 119 cm³/mol. The fourth-order valence-corrected chi connectivity index (χ4v) is 5.28. The highest BCUT2D eigenvalue weighted by atomic mass is 32.1. The van der Waals surface area contributed by atoms with Crippen molar-refractivity contribution in [1.29, 1.82) is 0 Å². The molecule has 1 atom stereocenters. The Balaban J connectivity index is 1.51. The van der Waals surface area contributed by atoms with E-state index in [0.29, 0.717) is 6.04 Å². The minimum Gasteiger partial charge on any atom is -0.367 e. The molecule has 28 heavy (non-hydrogen) atoms. The van der Waals surface area contributed by atoms with Gasteiger partial charge in [-0.05, 0) is 30.2 Å². The van der Waals surface area contributed by atoms with Crippen molar-refractivity contribution in [1.82, 2.24) is 10.3 Å². The molecule has 3 nitrogen and oxygen atoms in total. The number of rotatable bonds is 4. The number of nitrogens with one attached hydrogen (secondary N) is 1. The molecule has 1 N–H and O–H groups in total. The number of nitrogens with zero attached hydrogens (tertiary/aromatic N) is 2. The van der Waals surface area contributed by atoms with E-state index in [2.05, 4.69) is 81.9 Å². The molecule has 1 unspecified atom stereocenters. The third kappa shape index (κ3) is 3.41. The first kappa shape index (κ1) is 17.4. The Labute approximate surface area is 169 Å². The molecule has 5 rings (SSSR count). The number of fused-ring (bicyclic) bond motifs is 1. The zero-order chi connectivity index (χ0) is 18.8. The summed E-state index contributed by atoms with van der Waals surface area (Å²) in [6.45, 7) is 3.03. The van der Waals surface area contributed by atoms with Crippen molar-refractivity contribution >= 4 is 27.1 Å². The smallest absolute Gasteiger partial charge is 0.0823 e. The highest BCUT2D eigenvalue weighted by molar-refractivity contribution is 7.23. The van der Waals surface area contributed by atoms with Gasteiger partial charge in [0.25, 0.3) is 0 Å². The first-order valence-corrected chi connectivity index (χ1v) is 10.7. The van der Waals surface area contributed by atoms with Crippen molar-refractivity contribution in [3.8, 4) is 10.6 Å². The summed E-state index contributed by atoms with van der Waals surface area (Å²) in [5, 5.41) is 5.05. The number of pyridine rings is 1. The number of hydrogen-bond donors (Lipinski definition) is 1. The molecular weight excluding hydrogens is 362 g/mol. The highest BCUT2D eigenvalue weighted by Crippen LogP contribution is 2.44. The molecule has 1 saturated heterocycles. The maximum atomic E-state index is 4.65. The lowest BCUT2D eigenvalue weighted by Crippen LogP contribution is -2.51. The number of hydrogen-bond acceptors (Lipinski definition) is 4. The van der Waals surface area contributed by atoms with Gasteiger partial charge in [0, 0.05) is 42.0 Å². The van der Waals surface area contributed by atoms with Gasteiger partial charge >= 0.3 is 0 Å². The standard InChI is InChI=1S/C24H23N3S/c1-2-8-18(9-3-1)16-19-17-27(15-14-25-19)23-20-10-4-5-12-22(20)28-24(23)21-11-6-7-13-26-21/h1-13,19,25H,14-17H2. The van der Waals surface area contributed by atoms with Gasteiger partial charge in [-0.25, -0.2) is 0 Å². The van der Waals surface area contributed by atoms with E-state index in [-0.39, 0.29) is 0 Å². The first-order valence-electron chi connectivity index (χ1n) is 9.84. The Morgan fingerprint density at radius 2 is 1.79 bits per heavy atom. The van der Waals surface area contributed by atoms with Gasteiger partial charge in [-0.15, -0.1) is 11.3 Å². The summed E-state index contributed by atoms with van der Waals surface area (Å²) in [6.07, 6.45) is 2.94. The van der Waals surface area contributed by atoms with E-state index in [9.17, 15) is 0 Å². The zero-order valence-electron chi connectivity index (χ0n) is 15.7. The summed E-state index contributed by atoms with van der Waals surface area (Å²) in [5.41, 5.74) is 3.80. The Morgan fingerprint density at radius 1 is 0.964 bits per heavy atom. The normalized spacial score (nSPS) is 17.1. The molecule has 1 aliphatic heterocycles. The van der Waals surface area contributed by atoms with Gasteiger partial charge in [-0.1, -0.05) is 54.6 Å². The third-order valence-electron chi connectivity index (χ3n) is 5.36. The molecule has 0 aliphatic carbocycles. The van der Waals surface area contributed by atoms with Crippen molar-refractivity contribution in [3.63, 3.8) is 0 Å². The van der Waals surface area contributed by atoms with Crippen LogP contribution in [0.4, 0.5) is 5.69 Å². The topological polar surface area (TPSA) is 28.2 Å². The maximum Gasteiger partial charge on any atom is 0.0823 e. The van der Waals surface area contributed by atoms with Gasteiger partial charge in [0.2, 0.25) is 0 Å². The van der Waals surface area contributed by atoms with Crippen LogP contribution in [0, 0.1) is 0 Å². The molecule has 4 aromatic rings. The van der Waals surface area contributed by atoms with E-state index in [4.69, 9.17) is 0 Å². The minimum atomic E-state index is 0.450. The molecule has 0 spiro atoms. The molecule has 3 heterocycles. The molecule has 0 saturated carbocycles. The average molecular weight is 386 g/mol. The Hall–Kier alpha value is -2.69. The molecule has 0 radical (unpaired) electrons. The summed E-state index contributed by atoms with van der Waals surface area (Å²) in [6, 6.07) is 26.2. The number of aromatic nitrogens is 1. The zero-order valence-corrected chi connectivity index (χ0v) is 16.5. The Bertz CT molecular complexity index is 1060. The van der Waals surface area contributed by atoms with Crippen molar-refractivity contribution in [2.24, 2.45) is 0 Å². The van der Waals surface area contributed by atoms with E-state index >= 15 is 0 Å². The second kappa shape index (κ2) is 7.74. The number of anilines is 1. The van der Waals surface area contributed by atoms with Gasteiger partial charge in [0.15, 0.2) is 0 Å². The molecule has 0 bridgehead atoms. The summed E-state index contributed by atoms with van der Waals surface area (Å²) in [5.74, 6) is 0. The Kier molecular flexibility index (Phi) is 4.81. The molecular formula is C24H23N3S. The molecule has 2 aromatic carbocycles. The average Bonchev–Trinajstić information content (AvgIpc) is 3.15. The number of benzene rings is 2. The van der Waals surface area contributed by atoms with Gasteiger partial charge in [-0.2, -0.15) is 0 Å².